The molecule has 2 rings (SSSR count). The molecule has 1 aliphatic rings. The Morgan fingerprint density at radius 3 is 2.72 bits per heavy atom. The SMILES string of the molecule is Nc1ccc(S(=O)CCCN2CCCC2)cc1Cl. The molecule has 1 atom stereocenters. The van der Waals surface area contributed by atoms with E-state index >= 15 is 0 Å². The number of rotatable bonds is 5. The fourth-order valence-electron chi connectivity index (χ4n) is 2.19. The summed E-state index contributed by atoms with van der Waals surface area (Å²) in [4.78, 5) is 3.21. The number of halogens is 1. The van der Waals surface area contributed by atoms with E-state index in [1.807, 2.05) is 0 Å². The van der Waals surface area contributed by atoms with Crippen LogP contribution in [0.25, 0.3) is 0 Å². The second-order valence-electron chi connectivity index (χ2n) is 4.64. The summed E-state index contributed by atoms with van der Waals surface area (Å²) in [6.07, 6.45) is 3.57. The van der Waals surface area contributed by atoms with E-state index in [4.69, 9.17) is 17.3 Å². The van der Waals surface area contributed by atoms with Crippen LogP contribution in [-0.2, 0) is 10.8 Å². The van der Waals surface area contributed by atoms with E-state index in [0.29, 0.717) is 16.5 Å². The minimum atomic E-state index is -0.969. The lowest BCUT2D eigenvalue weighted by Crippen LogP contribution is -2.21. The minimum absolute atomic E-state index is 0.486. The number of nitrogens with two attached hydrogens (primary N) is 1. The van der Waals surface area contributed by atoms with Crippen molar-refractivity contribution in [1.29, 1.82) is 0 Å². The number of hydrogen-bond acceptors (Lipinski definition) is 3. The maximum absolute atomic E-state index is 12.1. The zero-order valence-electron chi connectivity index (χ0n) is 10.4. The molecule has 0 aromatic heterocycles. The average Bonchev–Trinajstić information content (AvgIpc) is 2.85. The van der Waals surface area contributed by atoms with E-state index in [0.717, 1.165) is 17.9 Å². The fraction of sp³-hybridized carbons (Fsp3) is 0.538. The quantitative estimate of drug-likeness (QED) is 0.846. The highest BCUT2D eigenvalue weighted by molar-refractivity contribution is 7.85. The van der Waals surface area contributed by atoms with Crippen molar-refractivity contribution in [2.24, 2.45) is 0 Å². The minimum Gasteiger partial charge on any atom is -0.398 e. The molecule has 0 spiro atoms. The van der Waals surface area contributed by atoms with E-state index in [9.17, 15) is 4.21 Å². The van der Waals surface area contributed by atoms with Crippen molar-refractivity contribution in [3.05, 3.63) is 23.2 Å². The van der Waals surface area contributed by atoms with Gasteiger partial charge < -0.3 is 10.6 Å². The number of anilines is 1. The Kier molecular flexibility index (Phi) is 5.03. The van der Waals surface area contributed by atoms with Crippen molar-refractivity contribution < 1.29 is 4.21 Å². The molecule has 3 nitrogen and oxygen atoms in total. The Morgan fingerprint density at radius 2 is 2.06 bits per heavy atom. The van der Waals surface area contributed by atoms with Crippen LogP contribution in [-0.4, -0.2) is 34.5 Å². The zero-order valence-corrected chi connectivity index (χ0v) is 12.0. The van der Waals surface area contributed by atoms with Gasteiger partial charge in [-0.15, -0.1) is 0 Å². The molecule has 1 aliphatic heterocycles. The van der Waals surface area contributed by atoms with Gasteiger partial charge in [-0.1, -0.05) is 11.6 Å². The lowest BCUT2D eigenvalue weighted by atomic mass is 10.3. The van der Waals surface area contributed by atoms with Gasteiger partial charge in [-0.25, -0.2) is 0 Å². The van der Waals surface area contributed by atoms with Gasteiger partial charge in [0.1, 0.15) is 0 Å². The molecule has 1 aromatic carbocycles. The summed E-state index contributed by atoms with van der Waals surface area (Å²) in [6.45, 7) is 3.44. The molecule has 0 amide bonds. The second-order valence-corrected chi connectivity index (χ2v) is 6.61. The van der Waals surface area contributed by atoms with Crippen molar-refractivity contribution in [3.8, 4) is 0 Å². The third-order valence-corrected chi connectivity index (χ3v) is 5.00. The summed E-state index contributed by atoms with van der Waals surface area (Å²) in [7, 11) is -0.969. The second kappa shape index (κ2) is 6.55. The zero-order chi connectivity index (χ0) is 13.0. The van der Waals surface area contributed by atoms with Gasteiger partial charge in [-0.05, 0) is 57.1 Å². The first-order chi connectivity index (χ1) is 8.66. The maximum atomic E-state index is 12.1. The largest absolute Gasteiger partial charge is 0.398 e. The first kappa shape index (κ1) is 13.8. The number of benzene rings is 1. The summed E-state index contributed by atoms with van der Waals surface area (Å²) in [6, 6.07) is 5.23. The van der Waals surface area contributed by atoms with Crippen molar-refractivity contribution in [2.45, 2.75) is 24.2 Å². The van der Waals surface area contributed by atoms with Crippen LogP contribution in [0.1, 0.15) is 19.3 Å². The molecule has 2 N–H and O–H groups in total. The Hall–Kier alpha value is -0.580. The molecule has 0 bridgehead atoms. The Morgan fingerprint density at radius 1 is 1.33 bits per heavy atom. The number of nitrogen functional groups attached to an aromatic ring is 1. The summed E-state index contributed by atoms with van der Waals surface area (Å²) in [5.74, 6) is 0.691. The van der Waals surface area contributed by atoms with Gasteiger partial charge >= 0.3 is 0 Å². The maximum Gasteiger partial charge on any atom is 0.0647 e. The molecule has 100 valence electrons. The molecule has 1 aromatic rings. The van der Waals surface area contributed by atoms with Crippen molar-refractivity contribution in [1.82, 2.24) is 4.90 Å². The predicted molar refractivity (Wildman–Crippen MR) is 77.4 cm³/mol. The van der Waals surface area contributed by atoms with E-state index < -0.39 is 10.8 Å². The predicted octanol–water partition coefficient (Wildman–Crippen LogP) is 2.52. The standard InChI is InChI=1S/C13H19ClN2OS/c14-12-10-11(4-5-13(12)15)18(17)9-3-8-16-6-1-2-7-16/h4-5,10H,1-3,6-9,15H2. The van der Waals surface area contributed by atoms with Crippen LogP contribution in [0.5, 0.6) is 0 Å². The third kappa shape index (κ3) is 3.70. The van der Waals surface area contributed by atoms with Gasteiger partial charge in [0.05, 0.1) is 21.5 Å². The van der Waals surface area contributed by atoms with Crippen LogP contribution in [0.4, 0.5) is 5.69 Å². The number of hydrogen-bond donors (Lipinski definition) is 1. The van der Waals surface area contributed by atoms with E-state index in [1.165, 1.54) is 25.9 Å². The molecule has 1 saturated heterocycles. The Labute approximate surface area is 116 Å². The highest BCUT2D eigenvalue weighted by Crippen LogP contribution is 2.22. The molecular weight excluding hydrogens is 268 g/mol. The highest BCUT2D eigenvalue weighted by Gasteiger charge is 2.12. The van der Waals surface area contributed by atoms with Gasteiger partial charge in [0.25, 0.3) is 0 Å². The van der Waals surface area contributed by atoms with E-state index in [2.05, 4.69) is 4.90 Å². The molecule has 1 unspecified atom stereocenters. The van der Waals surface area contributed by atoms with Crippen LogP contribution in [0.2, 0.25) is 5.02 Å². The Bertz CT molecular complexity index is 433. The molecule has 5 heteroatoms. The molecule has 18 heavy (non-hydrogen) atoms. The van der Waals surface area contributed by atoms with Gasteiger partial charge in [-0.2, -0.15) is 0 Å². The van der Waals surface area contributed by atoms with Gasteiger partial charge in [0, 0.05) is 10.6 Å². The fourth-order valence-corrected chi connectivity index (χ4v) is 3.53. The molecular formula is C13H19ClN2OS. The van der Waals surface area contributed by atoms with E-state index in [1.54, 1.807) is 18.2 Å². The summed E-state index contributed by atoms with van der Waals surface area (Å²) in [5.41, 5.74) is 6.17. The van der Waals surface area contributed by atoms with Gasteiger partial charge in [-0.3, -0.25) is 4.21 Å². The Balaban J connectivity index is 1.81. The van der Waals surface area contributed by atoms with Crippen molar-refractivity contribution in [3.63, 3.8) is 0 Å². The molecule has 0 saturated carbocycles. The van der Waals surface area contributed by atoms with Gasteiger partial charge in [0.15, 0.2) is 0 Å². The third-order valence-electron chi connectivity index (χ3n) is 3.24. The summed E-state index contributed by atoms with van der Waals surface area (Å²) in [5, 5.41) is 0.486. The van der Waals surface area contributed by atoms with Crippen LogP contribution in [0.3, 0.4) is 0 Å². The van der Waals surface area contributed by atoms with Crippen LogP contribution in [0, 0.1) is 0 Å². The topological polar surface area (TPSA) is 46.3 Å². The normalized spacial score (nSPS) is 18.1. The monoisotopic (exact) mass is 286 g/mol. The lowest BCUT2D eigenvalue weighted by molar-refractivity contribution is 0.340. The first-order valence-electron chi connectivity index (χ1n) is 6.32. The molecule has 0 radical (unpaired) electrons. The van der Waals surface area contributed by atoms with Gasteiger partial charge in [0.2, 0.25) is 0 Å². The van der Waals surface area contributed by atoms with Crippen molar-refractivity contribution in [2.75, 3.05) is 31.1 Å². The smallest absolute Gasteiger partial charge is 0.0647 e. The number of nitrogens with zero attached hydrogens (tertiary/aromatic N) is 1. The average molecular weight is 287 g/mol. The first-order valence-corrected chi connectivity index (χ1v) is 8.02. The van der Waals surface area contributed by atoms with E-state index in [-0.39, 0.29) is 0 Å². The van der Waals surface area contributed by atoms with Crippen LogP contribution >= 0.6 is 11.6 Å². The summed E-state index contributed by atoms with van der Waals surface area (Å²) >= 11 is 5.93. The molecule has 1 heterocycles. The molecule has 1 fully saturated rings. The van der Waals surface area contributed by atoms with Crippen LogP contribution < -0.4 is 5.73 Å². The highest BCUT2D eigenvalue weighted by atomic mass is 35.5. The summed E-state index contributed by atoms with van der Waals surface area (Å²) < 4.78 is 12.1. The van der Waals surface area contributed by atoms with Crippen LogP contribution in [0.15, 0.2) is 23.1 Å². The number of likely N-dealkylation sites (tertiary alicyclic amines) is 1. The lowest BCUT2D eigenvalue weighted by Gasteiger charge is -2.13. The molecule has 0 aliphatic carbocycles. The van der Waals surface area contributed by atoms with Crippen molar-refractivity contribution >= 4 is 28.1 Å².